The molecule has 2 unspecified atom stereocenters. The van der Waals surface area contributed by atoms with E-state index in [1.165, 1.54) is 24.3 Å². The van der Waals surface area contributed by atoms with Crippen LogP contribution >= 0.6 is 0 Å². The molecule has 0 heterocycles. The third-order valence-electron chi connectivity index (χ3n) is 2.80. The molecule has 1 N–H and O–H groups in total. The lowest BCUT2D eigenvalue weighted by Gasteiger charge is -2.20. The Morgan fingerprint density at radius 1 is 1.10 bits per heavy atom. The molecule has 6 nitrogen and oxygen atoms in total. The normalized spacial score (nSPS) is 12.9. The van der Waals surface area contributed by atoms with Crippen LogP contribution in [0.15, 0.2) is 36.9 Å². The van der Waals surface area contributed by atoms with Crippen LogP contribution < -0.4 is 0 Å². The van der Waals surface area contributed by atoms with Crippen molar-refractivity contribution < 1.29 is 29.0 Å². The molecule has 0 aromatic heterocycles. The molecule has 0 saturated carbocycles. The van der Waals surface area contributed by atoms with Crippen LogP contribution in [0.25, 0.3) is 0 Å². The molecule has 1 aromatic rings. The van der Waals surface area contributed by atoms with E-state index < -0.39 is 30.1 Å². The van der Waals surface area contributed by atoms with E-state index in [2.05, 4.69) is 6.58 Å². The minimum Gasteiger partial charge on any atom is -0.478 e. The first-order valence-electron chi connectivity index (χ1n) is 6.23. The van der Waals surface area contributed by atoms with Crippen LogP contribution in [-0.4, -0.2) is 35.2 Å². The van der Waals surface area contributed by atoms with Crippen molar-refractivity contribution in [3.8, 4) is 0 Å². The predicted molar refractivity (Wildman–Crippen MR) is 74.0 cm³/mol. The van der Waals surface area contributed by atoms with E-state index in [1.807, 2.05) is 0 Å². The van der Waals surface area contributed by atoms with E-state index in [0.717, 1.165) is 6.08 Å². The molecule has 0 radical (unpaired) electrons. The predicted octanol–water partition coefficient (Wildman–Crippen LogP) is 2.05. The van der Waals surface area contributed by atoms with Crippen molar-refractivity contribution in [1.82, 2.24) is 0 Å². The minimum atomic E-state index is -1.22. The smallest absolute Gasteiger partial charge is 0.339 e. The van der Waals surface area contributed by atoms with Gasteiger partial charge in [0.15, 0.2) is 0 Å². The fraction of sp³-hybridized carbons (Fsp3) is 0.267. The lowest BCUT2D eigenvalue weighted by Crippen LogP contribution is -2.30. The van der Waals surface area contributed by atoms with E-state index in [0.29, 0.717) is 0 Å². The summed E-state index contributed by atoms with van der Waals surface area (Å²) in [6.45, 7) is 6.37. The van der Waals surface area contributed by atoms with Crippen molar-refractivity contribution in [3.05, 3.63) is 48.0 Å². The third-order valence-corrected chi connectivity index (χ3v) is 2.80. The summed E-state index contributed by atoms with van der Waals surface area (Å²) in [6.07, 6.45) is -0.412. The average Bonchev–Trinajstić information content (AvgIpc) is 2.46. The first-order chi connectivity index (χ1) is 9.86. The molecule has 0 aliphatic rings. The van der Waals surface area contributed by atoms with Crippen LogP contribution in [0.5, 0.6) is 0 Å². The molecule has 0 fully saturated rings. The number of carboxylic acid groups (broad SMARTS) is 1. The van der Waals surface area contributed by atoms with Gasteiger partial charge in [-0.2, -0.15) is 0 Å². The summed E-state index contributed by atoms with van der Waals surface area (Å²) >= 11 is 0. The van der Waals surface area contributed by atoms with Crippen molar-refractivity contribution in [2.45, 2.75) is 26.1 Å². The van der Waals surface area contributed by atoms with Crippen molar-refractivity contribution in [3.63, 3.8) is 0 Å². The number of rotatable bonds is 6. The van der Waals surface area contributed by atoms with Gasteiger partial charge in [0.2, 0.25) is 0 Å². The highest BCUT2D eigenvalue weighted by atomic mass is 16.6. The maximum absolute atomic E-state index is 12.0. The highest BCUT2D eigenvalue weighted by Gasteiger charge is 2.23. The van der Waals surface area contributed by atoms with Crippen LogP contribution in [0.2, 0.25) is 0 Å². The topological polar surface area (TPSA) is 89.9 Å². The van der Waals surface area contributed by atoms with Crippen LogP contribution in [0, 0.1) is 0 Å². The number of carbonyl (C=O) groups is 3. The second-order valence-corrected chi connectivity index (χ2v) is 4.31. The van der Waals surface area contributed by atoms with Crippen molar-refractivity contribution >= 4 is 17.9 Å². The van der Waals surface area contributed by atoms with E-state index >= 15 is 0 Å². The zero-order valence-electron chi connectivity index (χ0n) is 11.7. The van der Waals surface area contributed by atoms with Crippen molar-refractivity contribution in [2.75, 3.05) is 0 Å². The highest BCUT2D eigenvalue weighted by molar-refractivity contribution is 6.02. The van der Waals surface area contributed by atoms with Gasteiger partial charge in [-0.1, -0.05) is 18.7 Å². The quantitative estimate of drug-likeness (QED) is 0.637. The van der Waals surface area contributed by atoms with Gasteiger partial charge >= 0.3 is 17.9 Å². The number of hydrogen-bond acceptors (Lipinski definition) is 5. The largest absolute Gasteiger partial charge is 0.478 e. The van der Waals surface area contributed by atoms with Crippen LogP contribution in [0.4, 0.5) is 0 Å². The van der Waals surface area contributed by atoms with Gasteiger partial charge < -0.3 is 14.6 Å². The Hall–Kier alpha value is -2.63. The Morgan fingerprint density at radius 2 is 1.62 bits per heavy atom. The van der Waals surface area contributed by atoms with Crippen LogP contribution in [0.3, 0.4) is 0 Å². The average molecular weight is 292 g/mol. The number of carbonyl (C=O) groups excluding carboxylic acids is 2. The number of benzene rings is 1. The van der Waals surface area contributed by atoms with Crippen molar-refractivity contribution in [2.24, 2.45) is 0 Å². The van der Waals surface area contributed by atoms with Crippen LogP contribution in [0.1, 0.15) is 34.6 Å². The Balaban J connectivity index is 2.79. The summed E-state index contributed by atoms with van der Waals surface area (Å²) in [7, 11) is 0. The SMILES string of the molecule is C=CC(=O)OC(C)C(C)OC(=O)c1ccccc1C(=O)O. The number of aromatic carboxylic acids is 1. The fourth-order valence-electron chi connectivity index (χ4n) is 1.50. The fourth-order valence-corrected chi connectivity index (χ4v) is 1.50. The lowest BCUT2D eigenvalue weighted by molar-refractivity contribution is -0.147. The number of esters is 2. The Morgan fingerprint density at radius 3 is 2.14 bits per heavy atom. The van der Waals surface area contributed by atoms with Gasteiger partial charge in [-0.3, -0.25) is 0 Å². The van der Waals surface area contributed by atoms with Crippen LogP contribution in [-0.2, 0) is 14.3 Å². The zero-order chi connectivity index (χ0) is 16.0. The second kappa shape index (κ2) is 7.23. The molecule has 0 saturated heterocycles. The summed E-state index contributed by atoms with van der Waals surface area (Å²) in [5, 5.41) is 9.02. The molecule has 0 aliphatic heterocycles. The molecule has 112 valence electrons. The molecule has 21 heavy (non-hydrogen) atoms. The van der Waals surface area contributed by atoms with Gasteiger partial charge in [-0.15, -0.1) is 0 Å². The number of hydrogen-bond donors (Lipinski definition) is 1. The zero-order valence-corrected chi connectivity index (χ0v) is 11.7. The van der Waals surface area contributed by atoms with Gasteiger partial charge in [0.25, 0.3) is 0 Å². The van der Waals surface area contributed by atoms with Crippen molar-refractivity contribution in [1.29, 1.82) is 0 Å². The molecular formula is C15H16O6. The molecule has 0 amide bonds. The summed E-state index contributed by atoms with van der Waals surface area (Å²) in [6, 6.07) is 5.72. The minimum absolute atomic E-state index is 0.0564. The van der Waals surface area contributed by atoms with Gasteiger partial charge in [-0.05, 0) is 26.0 Å². The summed E-state index contributed by atoms with van der Waals surface area (Å²) in [5.41, 5.74) is -0.204. The molecular weight excluding hydrogens is 276 g/mol. The Labute approximate surface area is 122 Å². The first kappa shape index (κ1) is 16.4. The Kier molecular flexibility index (Phi) is 5.66. The molecule has 2 atom stereocenters. The van der Waals surface area contributed by atoms with E-state index in [-0.39, 0.29) is 11.1 Å². The summed E-state index contributed by atoms with van der Waals surface area (Å²) < 4.78 is 10.0. The maximum atomic E-state index is 12.0. The standard InChI is InChI=1S/C15H16O6/c1-4-13(16)20-9(2)10(3)21-15(19)12-8-6-5-7-11(12)14(17)18/h4-10H,1H2,2-3H3,(H,17,18). The number of ether oxygens (including phenoxy) is 2. The van der Waals surface area contributed by atoms with Gasteiger partial charge in [0, 0.05) is 6.08 Å². The lowest BCUT2D eigenvalue weighted by atomic mass is 10.1. The number of carboxylic acids is 1. The molecule has 1 aromatic carbocycles. The molecule has 0 spiro atoms. The van der Waals surface area contributed by atoms with E-state index in [1.54, 1.807) is 13.8 Å². The van der Waals surface area contributed by atoms with E-state index in [4.69, 9.17) is 14.6 Å². The molecule has 0 bridgehead atoms. The Bertz CT molecular complexity index is 563. The maximum Gasteiger partial charge on any atom is 0.339 e. The summed E-state index contributed by atoms with van der Waals surface area (Å²) in [4.78, 5) is 34.1. The first-order valence-corrected chi connectivity index (χ1v) is 6.23. The molecule has 6 heteroatoms. The summed E-state index contributed by atoms with van der Waals surface area (Å²) in [5.74, 6) is -2.64. The second-order valence-electron chi connectivity index (χ2n) is 4.31. The van der Waals surface area contributed by atoms with Gasteiger partial charge in [0.1, 0.15) is 12.2 Å². The molecule has 1 rings (SSSR count). The van der Waals surface area contributed by atoms with E-state index in [9.17, 15) is 14.4 Å². The highest BCUT2D eigenvalue weighted by Crippen LogP contribution is 2.13. The van der Waals surface area contributed by atoms with Gasteiger partial charge in [0.05, 0.1) is 11.1 Å². The third kappa shape index (κ3) is 4.45. The van der Waals surface area contributed by atoms with Gasteiger partial charge in [-0.25, -0.2) is 14.4 Å². The molecule has 0 aliphatic carbocycles. The monoisotopic (exact) mass is 292 g/mol.